The van der Waals surface area contributed by atoms with E-state index in [4.69, 9.17) is 0 Å². The lowest BCUT2D eigenvalue weighted by atomic mass is 10.2. The van der Waals surface area contributed by atoms with Crippen molar-refractivity contribution in [2.75, 3.05) is 12.0 Å². The number of hydrogen-bond acceptors (Lipinski definition) is 2. The van der Waals surface area contributed by atoms with Crippen molar-refractivity contribution in [3.63, 3.8) is 0 Å². The molecule has 1 rings (SSSR count). The van der Waals surface area contributed by atoms with Crippen LogP contribution in [-0.2, 0) is 5.75 Å². The Hall–Kier alpha value is -0.0800. The van der Waals surface area contributed by atoms with Crippen LogP contribution in [0.5, 0.6) is 0 Å². The van der Waals surface area contributed by atoms with Crippen LogP contribution in [0.1, 0.15) is 12.5 Å². The van der Waals surface area contributed by atoms with Crippen molar-refractivity contribution in [3.05, 3.63) is 29.8 Å². The monoisotopic (exact) mass is 198 g/mol. The Morgan fingerprint density at radius 2 is 1.83 bits per heavy atom. The first-order chi connectivity index (χ1) is 5.86. The van der Waals surface area contributed by atoms with Gasteiger partial charge in [0, 0.05) is 10.6 Å². The smallest absolute Gasteiger partial charge is 0.0184 e. The maximum Gasteiger partial charge on any atom is 0.0184 e. The van der Waals surface area contributed by atoms with Crippen molar-refractivity contribution in [3.8, 4) is 0 Å². The van der Waals surface area contributed by atoms with E-state index < -0.39 is 0 Å². The summed E-state index contributed by atoms with van der Waals surface area (Å²) in [5, 5.41) is 0. The summed E-state index contributed by atoms with van der Waals surface area (Å²) in [5.74, 6) is 2.34. The normalized spacial score (nSPS) is 10.2. The molecule has 66 valence electrons. The molecule has 0 N–H and O–H groups in total. The third-order valence-corrected chi connectivity index (χ3v) is 3.32. The number of benzene rings is 1. The van der Waals surface area contributed by atoms with Gasteiger partial charge in [0.05, 0.1) is 0 Å². The Kier molecular flexibility index (Phi) is 4.62. The molecule has 0 aliphatic carbocycles. The quantitative estimate of drug-likeness (QED) is 0.677. The van der Waals surface area contributed by atoms with E-state index in [1.54, 1.807) is 11.8 Å². The van der Waals surface area contributed by atoms with Gasteiger partial charge in [-0.15, -0.1) is 11.8 Å². The Morgan fingerprint density at radius 1 is 1.17 bits per heavy atom. The predicted octanol–water partition coefficient (Wildman–Crippen LogP) is 3.66. The van der Waals surface area contributed by atoms with Gasteiger partial charge in [0.2, 0.25) is 0 Å². The zero-order valence-corrected chi connectivity index (χ0v) is 9.17. The molecule has 0 saturated carbocycles. The van der Waals surface area contributed by atoms with Gasteiger partial charge < -0.3 is 0 Å². The van der Waals surface area contributed by atoms with Crippen molar-refractivity contribution < 1.29 is 0 Å². The van der Waals surface area contributed by atoms with E-state index >= 15 is 0 Å². The van der Waals surface area contributed by atoms with Crippen molar-refractivity contribution in [1.82, 2.24) is 0 Å². The zero-order valence-electron chi connectivity index (χ0n) is 7.54. The molecule has 0 saturated heterocycles. The van der Waals surface area contributed by atoms with Gasteiger partial charge in [0.1, 0.15) is 0 Å². The summed E-state index contributed by atoms with van der Waals surface area (Å²) in [7, 11) is 0. The van der Waals surface area contributed by atoms with Gasteiger partial charge in [-0.05, 0) is 29.7 Å². The molecule has 0 amide bonds. The standard InChI is InChI=1S/C10H14S2/c1-3-12-8-9-4-6-10(11-2)7-5-9/h4-7H,3,8H2,1-2H3. The molecule has 0 aliphatic rings. The molecule has 0 bridgehead atoms. The average Bonchev–Trinajstić information content (AvgIpc) is 2.15. The largest absolute Gasteiger partial charge is 0.157 e. The van der Waals surface area contributed by atoms with E-state index in [0.717, 1.165) is 5.75 Å². The highest BCUT2D eigenvalue weighted by atomic mass is 32.2. The van der Waals surface area contributed by atoms with Gasteiger partial charge in [0.25, 0.3) is 0 Å². The minimum absolute atomic E-state index is 1.14. The molecule has 0 unspecified atom stereocenters. The van der Waals surface area contributed by atoms with Crippen molar-refractivity contribution >= 4 is 23.5 Å². The summed E-state index contributed by atoms with van der Waals surface area (Å²) in [6, 6.07) is 8.81. The Morgan fingerprint density at radius 3 is 2.33 bits per heavy atom. The lowest BCUT2D eigenvalue weighted by molar-refractivity contribution is 1.34. The fraction of sp³-hybridized carbons (Fsp3) is 0.400. The molecule has 1 aromatic rings. The molecule has 0 heterocycles. The van der Waals surface area contributed by atoms with E-state index in [2.05, 4.69) is 37.4 Å². The molecule has 0 spiro atoms. The molecule has 1 aromatic carbocycles. The highest BCUT2D eigenvalue weighted by Gasteiger charge is 1.92. The Labute approximate surface area is 83.1 Å². The molecule has 0 fully saturated rings. The van der Waals surface area contributed by atoms with Crippen LogP contribution in [-0.4, -0.2) is 12.0 Å². The van der Waals surface area contributed by atoms with Crippen molar-refractivity contribution in [1.29, 1.82) is 0 Å². The van der Waals surface area contributed by atoms with Crippen LogP contribution < -0.4 is 0 Å². The van der Waals surface area contributed by atoms with Crippen molar-refractivity contribution in [2.24, 2.45) is 0 Å². The van der Waals surface area contributed by atoms with E-state index in [0.29, 0.717) is 0 Å². The third kappa shape index (κ3) is 3.11. The van der Waals surface area contributed by atoms with Crippen LogP contribution in [0.3, 0.4) is 0 Å². The van der Waals surface area contributed by atoms with E-state index in [1.807, 2.05) is 11.8 Å². The first-order valence-corrected chi connectivity index (χ1v) is 6.45. The van der Waals surface area contributed by atoms with Crippen LogP contribution >= 0.6 is 23.5 Å². The third-order valence-electron chi connectivity index (χ3n) is 1.63. The highest BCUT2D eigenvalue weighted by molar-refractivity contribution is 7.98. The Bertz CT molecular complexity index is 216. The fourth-order valence-electron chi connectivity index (χ4n) is 0.942. The lowest BCUT2D eigenvalue weighted by Crippen LogP contribution is -1.80. The molecule has 0 aliphatic heterocycles. The summed E-state index contributed by atoms with van der Waals surface area (Å²) in [4.78, 5) is 1.35. The minimum Gasteiger partial charge on any atom is -0.157 e. The predicted molar refractivity (Wildman–Crippen MR) is 60.1 cm³/mol. The van der Waals surface area contributed by atoms with Gasteiger partial charge >= 0.3 is 0 Å². The fourth-order valence-corrected chi connectivity index (χ4v) is 1.98. The molecule has 0 atom stereocenters. The van der Waals surface area contributed by atoms with Crippen LogP contribution in [0, 0.1) is 0 Å². The molecule has 2 heteroatoms. The summed E-state index contributed by atoms with van der Waals surface area (Å²) < 4.78 is 0. The summed E-state index contributed by atoms with van der Waals surface area (Å²) in [6.45, 7) is 2.20. The van der Waals surface area contributed by atoms with Gasteiger partial charge in [-0.2, -0.15) is 11.8 Å². The molecule has 0 aromatic heterocycles. The Balaban J connectivity index is 2.53. The lowest BCUT2D eigenvalue weighted by Gasteiger charge is -2.00. The van der Waals surface area contributed by atoms with Crippen LogP contribution in [0.15, 0.2) is 29.2 Å². The molecular formula is C10H14S2. The summed E-state index contributed by atoms with van der Waals surface area (Å²) in [6.07, 6.45) is 2.11. The molecule has 0 nitrogen and oxygen atoms in total. The van der Waals surface area contributed by atoms with Crippen molar-refractivity contribution in [2.45, 2.75) is 17.6 Å². The summed E-state index contributed by atoms with van der Waals surface area (Å²) in [5.41, 5.74) is 1.43. The van der Waals surface area contributed by atoms with Crippen LogP contribution in [0.2, 0.25) is 0 Å². The highest BCUT2D eigenvalue weighted by Crippen LogP contribution is 2.17. The van der Waals surface area contributed by atoms with E-state index in [-0.39, 0.29) is 0 Å². The van der Waals surface area contributed by atoms with Gasteiger partial charge in [-0.3, -0.25) is 0 Å². The zero-order chi connectivity index (χ0) is 8.81. The topological polar surface area (TPSA) is 0 Å². The van der Waals surface area contributed by atoms with Gasteiger partial charge in [0.15, 0.2) is 0 Å². The molecule has 12 heavy (non-hydrogen) atoms. The van der Waals surface area contributed by atoms with Gasteiger partial charge in [-0.1, -0.05) is 19.1 Å². The number of rotatable bonds is 4. The first kappa shape index (κ1) is 10.0. The van der Waals surface area contributed by atoms with Crippen LogP contribution in [0.25, 0.3) is 0 Å². The number of thioether (sulfide) groups is 2. The second-order valence-corrected chi connectivity index (χ2v) is 4.64. The van der Waals surface area contributed by atoms with E-state index in [9.17, 15) is 0 Å². The molecule has 0 radical (unpaired) electrons. The SMILES string of the molecule is CCSCc1ccc(SC)cc1. The summed E-state index contributed by atoms with van der Waals surface area (Å²) >= 11 is 3.76. The maximum absolute atomic E-state index is 2.22. The van der Waals surface area contributed by atoms with Gasteiger partial charge in [-0.25, -0.2) is 0 Å². The second-order valence-electron chi connectivity index (χ2n) is 2.49. The molecular weight excluding hydrogens is 184 g/mol. The average molecular weight is 198 g/mol. The number of hydrogen-bond donors (Lipinski definition) is 0. The minimum atomic E-state index is 1.14. The maximum atomic E-state index is 2.22. The van der Waals surface area contributed by atoms with Crippen LogP contribution in [0.4, 0.5) is 0 Å². The second kappa shape index (κ2) is 5.55. The van der Waals surface area contributed by atoms with E-state index in [1.165, 1.54) is 16.2 Å². The first-order valence-electron chi connectivity index (χ1n) is 4.07.